The van der Waals surface area contributed by atoms with E-state index in [1.54, 1.807) is 18.2 Å². The summed E-state index contributed by atoms with van der Waals surface area (Å²) in [6, 6.07) is 4.72. The van der Waals surface area contributed by atoms with Crippen LogP contribution in [0.2, 0.25) is 0 Å². The average molecular weight is 334 g/mol. The first-order valence-corrected chi connectivity index (χ1v) is 8.18. The summed E-state index contributed by atoms with van der Waals surface area (Å²) >= 11 is 0. The highest BCUT2D eigenvalue weighted by molar-refractivity contribution is 5.97. The van der Waals surface area contributed by atoms with Gasteiger partial charge in [-0.05, 0) is 30.9 Å². The number of carbonyl (C=O) groups is 2. The molecule has 1 atom stereocenters. The molecule has 130 valence electrons. The van der Waals surface area contributed by atoms with Crippen LogP contribution in [-0.4, -0.2) is 42.9 Å². The summed E-state index contributed by atoms with van der Waals surface area (Å²) in [5.41, 5.74) is 0.617. The molecule has 1 aromatic carbocycles. The summed E-state index contributed by atoms with van der Waals surface area (Å²) in [4.78, 5) is 26.2. The number of fused-ring (bicyclic) bond motifs is 1. The van der Waals surface area contributed by atoms with Crippen LogP contribution >= 0.6 is 0 Å². The van der Waals surface area contributed by atoms with Gasteiger partial charge in [-0.3, -0.25) is 9.69 Å². The Kier molecular flexibility index (Phi) is 4.78. The largest absolute Gasteiger partial charge is 0.454 e. The molecular weight excluding hydrogens is 312 g/mol. The second-order valence-corrected chi connectivity index (χ2v) is 6.38. The van der Waals surface area contributed by atoms with Gasteiger partial charge in [-0.25, -0.2) is 4.79 Å². The number of carbonyl (C=O) groups excluding carboxylic acids is 2. The van der Waals surface area contributed by atoms with Crippen molar-refractivity contribution < 1.29 is 23.8 Å². The van der Waals surface area contributed by atoms with Crippen LogP contribution in [0.4, 0.5) is 10.5 Å². The van der Waals surface area contributed by atoms with Crippen molar-refractivity contribution in [2.45, 2.75) is 32.7 Å². The van der Waals surface area contributed by atoms with Gasteiger partial charge in [0.25, 0.3) is 0 Å². The Labute approximate surface area is 140 Å². The first-order valence-electron chi connectivity index (χ1n) is 8.18. The first-order chi connectivity index (χ1) is 11.5. The van der Waals surface area contributed by atoms with Crippen molar-refractivity contribution in [3.63, 3.8) is 0 Å². The standard InChI is InChI=1S/C17H22N2O5/c1-11(2)9-22-17(21)19-7-3-4-13(19)16(20)18-12-5-6-14-15(8-12)24-10-23-14/h5-6,8,11,13H,3-4,7,9-10H2,1-2H3,(H,18,20)/t13-/m1/s1. The Hall–Kier alpha value is -2.44. The molecule has 0 bridgehead atoms. The predicted molar refractivity (Wildman–Crippen MR) is 87.1 cm³/mol. The van der Waals surface area contributed by atoms with Crippen molar-refractivity contribution in [1.82, 2.24) is 4.90 Å². The topological polar surface area (TPSA) is 77.1 Å². The molecule has 1 saturated heterocycles. The molecular formula is C17H22N2O5. The SMILES string of the molecule is CC(C)COC(=O)N1CCC[C@@H]1C(=O)Nc1ccc2c(c1)OCO2. The Morgan fingerprint density at radius 3 is 2.92 bits per heavy atom. The summed E-state index contributed by atoms with van der Waals surface area (Å²) in [5.74, 6) is 1.31. The molecule has 2 heterocycles. The fourth-order valence-electron chi connectivity index (χ4n) is 2.78. The molecule has 2 amide bonds. The molecule has 0 saturated carbocycles. The molecule has 0 spiro atoms. The van der Waals surface area contributed by atoms with E-state index in [4.69, 9.17) is 14.2 Å². The summed E-state index contributed by atoms with van der Waals surface area (Å²) in [5, 5.41) is 2.84. The lowest BCUT2D eigenvalue weighted by molar-refractivity contribution is -0.120. The number of hydrogen-bond acceptors (Lipinski definition) is 5. The number of benzene rings is 1. The van der Waals surface area contributed by atoms with Gasteiger partial charge in [-0.15, -0.1) is 0 Å². The Morgan fingerprint density at radius 1 is 1.33 bits per heavy atom. The van der Waals surface area contributed by atoms with Crippen LogP contribution in [0.15, 0.2) is 18.2 Å². The van der Waals surface area contributed by atoms with Crippen LogP contribution in [0.1, 0.15) is 26.7 Å². The second kappa shape index (κ2) is 6.98. The van der Waals surface area contributed by atoms with Crippen molar-refractivity contribution in [1.29, 1.82) is 0 Å². The smallest absolute Gasteiger partial charge is 0.410 e. The van der Waals surface area contributed by atoms with Crippen LogP contribution < -0.4 is 14.8 Å². The van der Waals surface area contributed by atoms with Gasteiger partial charge in [0.2, 0.25) is 12.7 Å². The van der Waals surface area contributed by atoms with E-state index in [-0.39, 0.29) is 18.6 Å². The lowest BCUT2D eigenvalue weighted by atomic mass is 10.2. The Balaban J connectivity index is 1.62. The molecule has 0 radical (unpaired) electrons. The van der Waals surface area contributed by atoms with E-state index in [0.717, 1.165) is 6.42 Å². The molecule has 24 heavy (non-hydrogen) atoms. The van der Waals surface area contributed by atoms with Gasteiger partial charge in [0.1, 0.15) is 6.04 Å². The Morgan fingerprint density at radius 2 is 2.12 bits per heavy atom. The van der Waals surface area contributed by atoms with Gasteiger partial charge in [0.15, 0.2) is 11.5 Å². The fourth-order valence-corrected chi connectivity index (χ4v) is 2.78. The van der Waals surface area contributed by atoms with Crippen LogP contribution in [-0.2, 0) is 9.53 Å². The third-order valence-electron chi connectivity index (χ3n) is 3.97. The number of anilines is 1. The van der Waals surface area contributed by atoms with Crippen LogP contribution in [0.3, 0.4) is 0 Å². The zero-order chi connectivity index (χ0) is 17.1. The van der Waals surface area contributed by atoms with Gasteiger partial charge in [-0.2, -0.15) is 0 Å². The van der Waals surface area contributed by atoms with E-state index in [9.17, 15) is 9.59 Å². The zero-order valence-electron chi connectivity index (χ0n) is 13.9. The highest BCUT2D eigenvalue weighted by Crippen LogP contribution is 2.34. The molecule has 2 aliphatic heterocycles. The quantitative estimate of drug-likeness (QED) is 0.916. The minimum Gasteiger partial charge on any atom is -0.454 e. The third kappa shape index (κ3) is 3.55. The highest BCUT2D eigenvalue weighted by atomic mass is 16.7. The van der Waals surface area contributed by atoms with Crippen molar-refractivity contribution in [3.05, 3.63) is 18.2 Å². The van der Waals surface area contributed by atoms with E-state index in [1.807, 2.05) is 13.8 Å². The lowest BCUT2D eigenvalue weighted by Crippen LogP contribution is -2.43. The molecule has 0 aromatic heterocycles. The van der Waals surface area contributed by atoms with E-state index in [0.29, 0.717) is 36.8 Å². The molecule has 3 rings (SSSR count). The Bertz CT molecular complexity index is 631. The van der Waals surface area contributed by atoms with Crippen LogP contribution in [0.5, 0.6) is 11.5 Å². The molecule has 2 aliphatic rings. The van der Waals surface area contributed by atoms with Gasteiger partial charge in [-0.1, -0.05) is 13.8 Å². The average Bonchev–Trinajstić information content (AvgIpc) is 3.20. The van der Waals surface area contributed by atoms with Crippen molar-refractivity contribution in [2.24, 2.45) is 5.92 Å². The molecule has 1 aromatic rings. The molecule has 0 unspecified atom stereocenters. The fraction of sp³-hybridized carbons (Fsp3) is 0.529. The van der Waals surface area contributed by atoms with E-state index in [1.165, 1.54) is 4.90 Å². The zero-order valence-corrected chi connectivity index (χ0v) is 13.9. The predicted octanol–water partition coefficient (Wildman–Crippen LogP) is 2.61. The summed E-state index contributed by atoms with van der Waals surface area (Å²) < 4.78 is 15.8. The minimum atomic E-state index is -0.505. The molecule has 1 fully saturated rings. The molecule has 1 N–H and O–H groups in total. The highest BCUT2D eigenvalue weighted by Gasteiger charge is 2.35. The molecule has 7 nitrogen and oxygen atoms in total. The van der Waals surface area contributed by atoms with E-state index >= 15 is 0 Å². The van der Waals surface area contributed by atoms with Gasteiger partial charge in [0.05, 0.1) is 6.61 Å². The van der Waals surface area contributed by atoms with Crippen LogP contribution in [0.25, 0.3) is 0 Å². The number of hydrogen-bond donors (Lipinski definition) is 1. The van der Waals surface area contributed by atoms with Gasteiger partial charge in [0, 0.05) is 18.3 Å². The van der Waals surface area contributed by atoms with Crippen molar-refractivity contribution in [2.75, 3.05) is 25.3 Å². The van der Waals surface area contributed by atoms with Crippen LogP contribution in [0, 0.1) is 5.92 Å². The number of nitrogens with one attached hydrogen (secondary N) is 1. The summed E-state index contributed by atoms with van der Waals surface area (Å²) in [6.07, 6.45) is 0.996. The lowest BCUT2D eigenvalue weighted by Gasteiger charge is -2.23. The van der Waals surface area contributed by atoms with E-state index in [2.05, 4.69) is 5.32 Å². The summed E-state index contributed by atoms with van der Waals surface area (Å²) in [7, 11) is 0. The number of likely N-dealkylation sites (tertiary alicyclic amines) is 1. The molecule has 0 aliphatic carbocycles. The number of nitrogens with zero attached hydrogens (tertiary/aromatic N) is 1. The maximum absolute atomic E-state index is 12.5. The summed E-state index contributed by atoms with van der Waals surface area (Å²) in [6.45, 7) is 5.02. The normalized spacial score (nSPS) is 18.8. The van der Waals surface area contributed by atoms with Crippen molar-refractivity contribution in [3.8, 4) is 11.5 Å². The number of ether oxygens (including phenoxy) is 3. The van der Waals surface area contributed by atoms with E-state index < -0.39 is 12.1 Å². The minimum absolute atomic E-state index is 0.185. The maximum Gasteiger partial charge on any atom is 0.410 e. The van der Waals surface area contributed by atoms with Crippen molar-refractivity contribution >= 4 is 17.7 Å². The maximum atomic E-state index is 12.5. The van der Waals surface area contributed by atoms with Gasteiger partial charge < -0.3 is 19.5 Å². The monoisotopic (exact) mass is 334 g/mol. The number of rotatable bonds is 4. The first kappa shape index (κ1) is 16.4. The third-order valence-corrected chi connectivity index (χ3v) is 3.97. The second-order valence-electron chi connectivity index (χ2n) is 6.38. The molecule has 7 heteroatoms. The van der Waals surface area contributed by atoms with Gasteiger partial charge >= 0.3 is 6.09 Å². The number of amides is 2.